The molecule has 6 heteroatoms. The molecule has 2 heterocycles. The number of fused-ring (bicyclic) bond motifs is 3. The summed E-state index contributed by atoms with van der Waals surface area (Å²) in [4.78, 5) is 18.6. The molecule has 1 aliphatic heterocycles. The summed E-state index contributed by atoms with van der Waals surface area (Å²) >= 11 is 0. The number of imidazole rings is 1. The van der Waals surface area contributed by atoms with Gasteiger partial charge in [-0.2, -0.15) is 5.26 Å². The third kappa shape index (κ3) is 3.52. The Balaban J connectivity index is 1.64. The highest BCUT2D eigenvalue weighted by Crippen LogP contribution is 2.40. The van der Waals surface area contributed by atoms with Crippen LogP contribution in [0.5, 0.6) is 0 Å². The van der Waals surface area contributed by atoms with Gasteiger partial charge < -0.3 is 9.67 Å². The largest absolute Gasteiger partial charge is 0.465 e. The van der Waals surface area contributed by atoms with E-state index in [0.29, 0.717) is 6.04 Å². The van der Waals surface area contributed by atoms with Gasteiger partial charge in [-0.15, -0.1) is 0 Å². The smallest absolute Gasteiger partial charge is 0.412 e. The van der Waals surface area contributed by atoms with E-state index in [2.05, 4.69) is 41.0 Å². The van der Waals surface area contributed by atoms with Crippen LogP contribution in [0.1, 0.15) is 62.0 Å². The van der Waals surface area contributed by atoms with Gasteiger partial charge in [0.25, 0.3) is 0 Å². The number of anilines is 1. The summed E-state index contributed by atoms with van der Waals surface area (Å²) in [7, 11) is 0. The Bertz CT molecular complexity index is 1190. The molecule has 1 atom stereocenters. The van der Waals surface area contributed by atoms with E-state index in [9.17, 15) is 15.2 Å². The van der Waals surface area contributed by atoms with E-state index in [1.807, 2.05) is 19.1 Å². The molecule has 6 nitrogen and oxygen atoms in total. The van der Waals surface area contributed by atoms with E-state index >= 15 is 0 Å². The maximum absolute atomic E-state index is 12.0. The molecular formula is C26H28N4O2. The molecular weight excluding hydrogens is 400 g/mol. The molecule has 1 N–H and O–H groups in total. The van der Waals surface area contributed by atoms with Crippen LogP contribution in [0, 0.1) is 17.2 Å². The first-order chi connectivity index (χ1) is 15.6. The van der Waals surface area contributed by atoms with Crippen LogP contribution < -0.4 is 4.90 Å². The predicted octanol–water partition coefficient (Wildman–Crippen LogP) is 5.70. The second-order valence-electron chi connectivity index (χ2n) is 9.17. The number of aromatic nitrogens is 2. The molecule has 0 saturated heterocycles. The summed E-state index contributed by atoms with van der Waals surface area (Å²) < 4.78 is 2.39. The maximum Gasteiger partial charge on any atom is 0.412 e. The van der Waals surface area contributed by atoms with E-state index in [1.165, 1.54) is 10.5 Å². The van der Waals surface area contributed by atoms with Crippen LogP contribution in [-0.2, 0) is 12.8 Å². The zero-order chi connectivity index (χ0) is 22.2. The number of nitriles is 1. The number of carboxylic acid groups (broad SMARTS) is 1. The molecule has 2 aliphatic rings. The lowest BCUT2D eigenvalue weighted by Gasteiger charge is -2.33. The Labute approximate surface area is 188 Å². The molecule has 0 radical (unpaired) electrons. The van der Waals surface area contributed by atoms with Crippen molar-refractivity contribution in [1.29, 1.82) is 5.26 Å². The second-order valence-corrected chi connectivity index (χ2v) is 9.17. The lowest BCUT2D eigenvalue weighted by molar-refractivity contribution is 0.198. The van der Waals surface area contributed by atoms with Gasteiger partial charge in [0.15, 0.2) is 0 Å². The van der Waals surface area contributed by atoms with Crippen LogP contribution in [0.4, 0.5) is 10.5 Å². The molecule has 164 valence electrons. The van der Waals surface area contributed by atoms with E-state index in [-0.39, 0.29) is 12.0 Å². The predicted molar refractivity (Wildman–Crippen MR) is 124 cm³/mol. The van der Waals surface area contributed by atoms with Crippen molar-refractivity contribution >= 4 is 22.8 Å². The molecule has 1 fully saturated rings. The second kappa shape index (κ2) is 8.31. The van der Waals surface area contributed by atoms with E-state index in [1.54, 1.807) is 0 Å². The molecule has 3 aromatic rings. The Hall–Kier alpha value is -3.33. The van der Waals surface area contributed by atoms with Crippen LogP contribution in [0.25, 0.3) is 11.0 Å². The van der Waals surface area contributed by atoms with Crippen molar-refractivity contribution in [2.45, 2.75) is 64.0 Å². The number of rotatable bonds is 3. The molecule has 5 rings (SSSR count). The van der Waals surface area contributed by atoms with Crippen LogP contribution in [0.2, 0.25) is 0 Å². The summed E-state index contributed by atoms with van der Waals surface area (Å²) in [6, 6.07) is 17.1. The van der Waals surface area contributed by atoms with E-state index in [0.717, 1.165) is 73.1 Å². The minimum absolute atomic E-state index is 0.0374. The Morgan fingerprint density at radius 1 is 1.12 bits per heavy atom. The topological polar surface area (TPSA) is 82.2 Å². The molecule has 0 unspecified atom stereocenters. The third-order valence-corrected chi connectivity index (χ3v) is 7.18. The number of hydrogen-bond donors (Lipinski definition) is 1. The standard InChI is InChI=1S/C26H28N4O2/c1-17-7-12-21-22(29(17)26(31)32)13-14-23-25(21)28-24(15-18-5-3-2-4-6-18)30(23)20-10-8-19(16-27)9-11-20/h2-6,13-14,17,19-20H,7-12,15H2,1H3,(H,31,32)/t17-,19-,20-/m0/s1. The molecule has 0 spiro atoms. The van der Waals surface area contributed by atoms with E-state index < -0.39 is 6.09 Å². The van der Waals surface area contributed by atoms with Gasteiger partial charge in [-0.1, -0.05) is 30.3 Å². The molecule has 2 aromatic carbocycles. The van der Waals surface area contributed by atoms with E-state index in [4.69, 9.17) is 4.98 Å². The number of amides is 1. The van der Waals surface area contributed by atoms with Gasteiger partial charge in [-0.05, 0) is 63.1 Å². The van der Waals surface area contributed by atoms with Crippen molar-refractivity contribution in [1.82, 2.24) is 9.55 Å². The van der Waals surface area contributed by atoms with Crippen molar-refractivity contribution < 1.29 is 9.90 Å². The number of aryl methyl sites for hydroxylation is 1. The van der Waals surface area contributed by atoms with Crippen LogP contribution in [0.15, 0.2) is 42.5 Å². The van der Waals surface area contributed by atoms with Crippen LogP contribution in [-0.4, -0.2) is 26.8 Å². The molecule has 1 amide bonds. The maximum atomic E-state index is 12.0. The summed E-state index contributed by atoms with van der Waals surface area (Å²) in [5.74, 6) is 1.18. The molecule has 0 bridgehead atoms. The van der Waals surface area contributed by atoms with Crippen LogP contribution in [0.3, 0.4) is 0 Å². The van der Waals surface area contributed by atoms with Gasteiger partial charge >= 0.3 is 6.09 Å². The minimum atomic E-state index is -0.906. The molecule has 1 aliphatic carbocycles. The van der Waals surface area contributed by atoms with Crippen molar-refractivity contribution in [3.8, 4) is 6.07 Å². The monoisotopic (exact) mass is 428 g/mol. The lowest BCUT2D eigenvalue weighted by Crippen LogP contribution is -2.41. The molecule has 1 saturated carbocycles. The van der Waals surface area contributed by atoms with Crippen molar-refractivity contribution in [3.63, 3.8) is 0 Å². The first-order valence-corrected chi connectivity index (χ1v) is 11.5. The summed E-state index contributed by atoms with van der Waals surface area (Å²) in [5, 5.41) is 19.1. The number of hydrogen-bond acceptors (Lipinski definition) is 3. The number of nitrogens with zero attached hydrogens (tertiary/aromatic N) is 4. The quantitative estimate of drug-likeness (QED) is 0.580. The van der Waals surface area contributed by atoms with Gasteiger partial charge in [0.05, 0.1) is 22.8 Å². The third-order valence-electron chi connectivity index (χ3n) is 7.18. The normalized spacial score (nSPS) is 23.0. The van der Waals surface area contributed by atoms with Crippen LogP contribution >= 0.6 is 0 Å². The highest BCUT2D eigenvalue weighted by molar-refractivity contribution is 5.94. The van der Waals surface area contributed by atoms with Gasteiger partial charge in [-0.3, -0.25) is 4.90 Å². The fourth-order valence-corrected chi connectivity index (χ4v) is 5.51. The van der Waals surface area contributed by atoms with Crippen molar-refractivity contribution in [2.75, 3.05) is 4.90 Å². The summed E-state index contributed by atoms with van der Waals surface area (Å²) in [6.07, 6.45) is 5.24. The zero-order valence-electron chi connectivity index (χ0n) is 18.4. The summed E-state index contributed by atoms with van der Waals surface area (Å²) in [6.45, 7) is 1.97. The number of carbonyl (C=O) groups is 1. The Morgan fingerprint density at radius 2 is 1.88 bits per heavy atom. The van der Waals surface area contributed by atoms with Crippen molar-refractivity contribution in [2.24, 2.45) is 5.92 Å². The fourth-order valence-electron chi connectivity index (χ4n) is 5.51. The van der Waals surface area contributed by atoms with Gasteiger partial charge in [0.1, 0.15) is 5.82 Å². The average molecular weight is 429 g/mol. The fraction of sp³-hybridized carbons (Fsp3) is 0.423. The Morgan fingerprint density at radius 3 is 2.56 bits per heavy atom. The Kier molecular flexibility index (Phi) is 5.34. The molecule has 1 aromatic heterocycles. The minimum Gasteiger partial charge on any atom is -0.465 e. The SMILES string of the molecule is C[C@H]1CCc2c(ccc3c2nc(Cc2ccccc2)n3[C@H]2CC[C@H](C#N)CC2)N1C(=O)O. The first-order valence-electron chi connectivity index (χ1n) is 11.5. The summed E-state index contributed by atoms with van der Waals surface area (Å²) in [5.41, 5.74) is 5.06. The zero-order valence-corrected chi connectivity index (χ0v) is 18.4. The van der Waals surface area contributed by atoms with Gasteiger partial charge in [-0.25, -0.2) is 9.78 Å². The lowest BCUT2D eigenvalue weighted by atomic mass is 9.86. The number of benzene rings is 2. The van der Waals surface area contributed by atoms with Gasteiger partial charge in [0.2, 0.25) is 0 Å². The highest BCUT2D eigenvalue weighted by atomic mass is 16.4. The first kappa shape index (κ1) is 20.6. The molecule has 32 heavy (non-hydrogen) atoms. The van der Waals surface area contributed by atoms with Crippen molar-refractivity contribution in [3.05, 3.63) is 59.4 Å². The average Bonchev–Trinajstić information content (AvgIpc) is 3.17. The van der Waals surface area contributed by atoms with Gasteiger partial charge in [0, 0.05) is 30.0 Å². The highest BCUT2D eigenvalue weighted by Gasteiger charge is 2.32.